The Morgan fingerprint density at radius 2 is 1.67 bits per heavy atom. The van der Waals surface area contributed by atoms with Crippen LogP contribution in [0.3, 0.4) is 0 Å². The van der Waals surface area contributed by atoms with E-state index < -0.39 is 0 Å². The normalized spacial score (nSPS) is 19.3. The molecule has 5 nitrogen and oxygen atoms in total. The summed E-state index contributed by atoms with van der Waals surface area (Å²) < 4.78 is 15.9. The summed E-state index contributed by atoms with van der Waals surface area (Å²) in [5, 5.41) is -0.0129. The SMILES string of the molecule is COc1ccc([C@@H]2S[C@H](C)C(=O)N2CCc2ccc(OC)c(OC)c2)cc1. The van der Waals surface area contributed by atoms with Gasteiger partial charge in [0.1, 0.15) is 11.1 Å². The lowest BCUT2D eigenvalue weighted by Crippen LogP contribution is -2.32. The van der Waals surface area contributed by atoms with Crippen molar-refractivity contribution in [1.29, 1.82) is 0 Å². The minimum absolute atomic E-state index is 0.0264. The van der Waals surface area contributed by atoms with Gasteiger partial charge < -0.3 is 19.1 Å². The molecule has 0 spiro atoms. The first-order valence-electron chi connectivity index (χ1n) is 8.88. The maximum Gasteiger partial charge on any atom is 0.236 e. The lowest BCUT2D eigenvalue weighted by Gasteiger charge is -2.24. The van der Waals surface area contributed by atoms with Crippen molar-refractivity contribution in [2.45, 2.75) is 24.0 Å². The first-order chi connectivity index (χ1) is 13.1. The second-order valence-electron chi connectivity index (χ2n) is 6.37. The number of carbonyl (C=O) groups excluding carboxylic acids is 1. The van der Waals surface area contributed by atoms with Gasteiger partial charge in [0, 0.05) is 6.54 Å². The Kier molecular flexibility index (Phi) is 6.16. The lowest BCUT2D eigenvalue weighted by molar-refractivity contribution is -0.129. The van der Waals surface area contributed by atoms with Gasteiger partial charge in [0.15, 0.2) is 11.5 Å². The van der Waals surface area contributed by atoms with E-state index in [4.69, 9.17) is 14.2 Å². The third-order valence-electron chi connectivity index (χ3n) is 4.74. The number of methoxy groups -OCH3 is 3. The number of carbonyl (C=O) groups is 1. The molecule has 1 heterocycles. The van der Waals surface area contributed by atoms with Crippen LogP contribution < -0.4 is 14.2 Å². The standard InChI is InChI=1S/C21H25NO4S/c1-14-20(23)22(21(27-14)16-6-8-17(24-2)9-7-16)12-11-15-5-10-18(25-3)19(13-15)26-4/h5-10,13-14,21H,11-12H2,1-4H3/t14-,21+/m1/s1. The number of rotatable bonds is 7. The number of benzene rings is 2. The van der Waals surface area contributed by atoms with Crippen molar-refractivity contribution < 1.29 is 19.0 Å². The predicted molar refractivity (Wildman–Crippen MR) is 108 cm³/mol. The third-order valence-corrected chi connectivity index (χ3v) is 6.13. The van der Waals surface area contributed by atoms with Crippen LogP contribution >= 0.6 is 11.8 Å². The average Bonchev–Trinajstić information content (AvgIpc) is 3.00. The highest BCUT2D eigenvalue weighted by molar-refractivity contribution is 8.01. The molecule has 27 heavy (non-hydrogen) atoms. The topological polar surface area (TPSA) is 48.0 Å². The molecule has 1 saturated heterocycles. The molecule has 2 atom stereocenters. The highest BCUT2D eigenvalue weighted by atomic mass is 32.2. The molecule has 144 valence electrons. The van der Waals surface area contributed by atoms with Crippen LogP contribution in [0.4, 0.5) is 0 Å². The summed E-state index contributed by atoms with van der Waals surface area (Å²) in [5.74, 6) is 2.41. The van der Waals surface area contributed by atoms with E-state index in [1.54, 1.807) is 33.1 Å². The molecule has 6 heteroatoms. The summed E-state index contributed by atoms with van der Waals surface area (Å²) in [6.45, 7) is 2.63. The van der Waals surface area contributed by atoms with Crippen molar-refractivity contribution >= 4 is 17.7 Å². The zero-order valence-electron chi connectivity index (χ0n) is 16.1. The zero-order valence-corrected chi connectivity index (χ0v) is 16.9. The molecule has 0 saturated carbocycles. The smallest absolute Gasteiger partial charge is 0.236 e. The molecule has 0 unspecified atom stereocenters. The highest BCUT2D eigenvalue weighted by Gasteiger charge is 2.38. The van der Waals surface area contributed by atoms with Crippen LogP contribution in [0.1, 0.15) is 23.4 Å². The first kappa shape index (κ1) is 19.4. The van der Waals surface area contributed by atoms with E-state index in [0.29, 0.717) is 18.0 Å². The number of ether oxygens (including phenoxy) is 3. The molecule has 0 radical (unpaired) electrons. The summed E-state index contributed by atoms with van der Waals surface area (Å²) in [6, 6.07) is 13.8. The lowest BCUT2D eigenvalue weighted by atomic mass is 10.1. The Hall–Kier alpha value is -2.34. The molecule has 2 aromatic carbocycles. The van der Waals surface area contributed by atoms with Crippen LogP contribution in [0, 0.1) is 0 Å². The van der Waals surface area contributed by atoms with Crippen LogP contribution in [0.2, 0.25) is 0 Å². The van der Waals surface area contributed by atoms with Gasteiger partial charge in [-0.1, -0.05) is 18.2 Å². The molecule has 0 N–H and O–H groups in total. The molecule has 1 aliphatic rings. The third kappa shape index (κ3) is 4.16. The largest absolute Gasteiger partial charge is 0.497 e. The summed E-state index contributed by atoms with van der Waals surface area (Å²) in [5.41, 5.74) is 2.23. The fourth-order valence-electron chi connectivity index (χ4n) is 3.21. The molecular formula is C21H25NO4S. The molecule has 0 aromatic heterocycles. The summed E-state index contributed by atoms with van der Waals surface area (Å²) in [7, 11) is 4.91. The van der Waals surface area contributed by atoms with Crippen LogP contribution in [0.15, 0.2) is 42.5 Å². The molecule has 2 aromatic rings. The maximum atomic E-state index is 12.7. The van der Waals surface area contributed by atoms with Gasteiger partial charge in [-0.25, -0.2) is 0 Å². The quantitative estimate of drug-likeness (QED) is 0.721. The number of amides is 1. The zero-order chi connectivity index (χ0) is 19.4. The molecule has 1 fully saturated rings. The fraction of sp³-hybridized carbons (Fsp3) is 0.381. The number of nitrogens with zero attached hydrogens (tertiary/aromatic N) is 1. The second kappa shape index (κ2) is 8.57. The number of thioether (sulfide) groups is 1. The highest BCUT2D eigenvalue weighted by Crippen LogP contribution is 2.43. The Labute approximate surface area is 164 Å². The van der Waals surface area contributed by atoms with Gasteiger partial charge in [-0.05, 0) is 48.7 Å². The van der Waals surface area contributed by atoms with Crippen molar-refractivity contribution in [3.8, 4) is 17.2 Å². The minimum atomic E-state index is -0.0393. The van der Waals surface area contributed by atoms with Crippen molar-refractivity contribution in [2.24, 2.45) is 0 Å². The van der Waals surface area contributed by atoms with E-state index in [2.05, 4.69) is 0 Å². The minimum Gasteiger partial charge on any atom is -0.497 e. The Morgan fingerprint density at radius 1 is 0.963 bits per heavy atom. The summed E-state index contributed by atoms with van der Waals surface area (Å²) >= 11 is 1.69. The van der Waals surface area contributed by atoms with Crippen LogP contribution in [-0.2, 0) is 11.2 Å². The second-order valence-corrected chi connectivity index (χ2v) is 7.80. The molecule has 1 amide bonds. The van der Waals surface area contributed by atoms with Crippen molar-refractivity contribution in [1.82, 2.24) is 4.90 Å². The van der Waals surface area contributed by atoms with Gasteiger partial charge >= 0.3 is 0 Å². The maximum absolute atomic E-state index is 12.7. The van der Waals surface area contributed by atoms with Gasteiger partial charge in [0.2, 0.25) is 5.91 Å². The molecule has 3 rings (SSSR count). The Morgan fingerprint density at radius 3 is 2.30 bits per heavy atom. The number of hydrogen-bond donors (Lipinski definition) is 0. The van der Waals surface area contributed by atoms with Gasteiger partial charge in [-0.15, -0.1) is 11.8 Å². The average molecular weight is 388 g/mol. The van der Waals surface area contributed by atoms with E-state index in [0.717, 1.165) is 23.3 Å². The van der Waals surface area contributed by atoms with Crippen LogP contribution in [0.25, 0.3) is 0 Å². The number of hydrogen-bond acceptors (Lipinski definition) is 5. The van der Waals surface area contributed by atoms with Gasteiger partial charge in [-0.3, -0.25) is 4.79 Å². The molecule has 1 aliphatic heterocycles. The molecule has 0 aliphatic carbocycles. The van der Waals surface area contributed by atoms with E-state index in [-0.39, 0.29) is 16.5 Å². The van der Waals surface area contributed by atoms with Gasteiger partial charge in [0.25, 0.3) is 0 Å². The van der Waals surface area contributed by atoms with E-state index in [1.165, 1.54) is 0 Å². The summed E-state index contributed by atoms with van der Waals surface area (Å²) in [4.78, 5) is 14.7. The van der Waals surface area contributed by atoms with Crippen LogP contribution in [-0.4, -0.2) is 43.9 Å². The van der Waals surface area contributed by atoms with Crippen LogP contribution in [0.5, 0.6) is 17.2 Å². The Bertz CT molecular complexity index is 793. The Balaban J connectivity index is 1.75. The van der Waals surface area contributed by atoms with Crippen molar-refractivity contribution in [2.75, 3.05) is 27.9 Å². The summed E-state index contributed by atoms with van der Waals surface area (Å²) in [6.07, 6.45) is 0.756. The van der Waals surface area contributed by atoms with Crippen molar-refractivity contribution in [3.63, 3.8) is 0 Å². The first-order valence-corrected chi connectivity index (χ1v) is 9.82. The van der Waals surface area contributed by atoms with E-state index in [1.807, 2.05) is 54.3 Å². The van der Waals surface area contributed by atoms with Gasteiger partial charge in [-0.2, -0.15) is 0 Å². The van der Waals surface area contributed by atoms with E-state index in [9.17, 15) is 4.79 Å². The monoisotopic (exact) mass is 387 g/mol. The molecule has 0 bridgehead atoms. The van der Waals surface area contributed by atoms with Crippen molar-refractivity contribution in [3.05, 3.63) is 53.6 Å². The van der Waals surface area contributed by atoms with E-state index >= 15 is 0 Å². The predicted octanol–water partition coefficient (Wildman–Crippen LogP) is 3.92. The van der Waals surface area contributed by atoms with Gasteiger partial charge in [0.05, 0.1) is 26.6 Å². The fourth-order valence-corrected chi connectivity index (χ4v) is 4.52. The molecular weight excluding hydrogens is 362 g/mol.